The van der Waals surface area contributed by atoms with Crippen LogP contribution in [0, 0.1) is 0 Å². The lowest BCUT2D eigenvalue weighted by Crippen LogP contribution is -2.04. The topological polar surface area (TPSA) is 26.3 Å². The summed E-state index contributed by atoms with van der Waals surface area (Å²) in [6.45, 7) is 7.88. The quantitative estimate of drug-likeness (QED) is 0.603. The van der Waals surface area contributed by atoms with Crippen molar-refractivity contribution in [2.24, 2.45) is 0 Å². The Balaban J connectivity index is 2.87. The second-order valence-electron chi connectivity index (χ2n) is 3.59. The summed E-state index contributed by atoms with van der Waals surface area (Å²) in [6.07, 6.45) is 0.881. The SMILES string of the molecule is C=C(CC)COc1ccc(Br)cc1C(C)=O. The first-order valence-electron chi connectivity index (χ1n) is 5.14. The highest BCUT2D eigenvalue weighted by Crippen LogP contribution is 2.24. The van der Waals surface area contributed by atoms with Gasteiger partial charge in [-0.05, 0) is 37.1 Å². The van der Waals surface area contributed by atoms with E-state index in [2.05, 4.69) is 22.5 Å². The molecule has 0 spiro atoms. The number of rotatable bonds is 5. The van der Waals surface area contributed by atoms with Crippen molar-refractivity contribution in [2.75, 3.05) is 6.61 Å². The molecule has 0 fully saturated rings. The number of carbonyl (C=O) groups excluding carboxylic acids is 1. The Bertz CT molecular complexity index is 410. The Kier molecular flexibility index (Phi) is 4.74. The number of halogens is 1. The maximum atomic E-state index is 11.4. The number of ketones is 1. The molecule has 0 unspecified atom stereocenters. The van der Waals surface area contributed by atoms with Gasteiger partial charge in [-0.2, -0.15) is 0 Å². The minimum absolute atomic E-state index is 0.00147. The van der Waals surface area contributed by atoms with Gasteiger partial charge in [0.1, 0.15) is 12.4 Å². The molecular weight excluding hydrogens is 268 g/mol. The van der Waals surface area contributed by atoms with Crippen LogP contribution in [0.2, 0.25) is 0 Å². The van der Waals surface area contributed by atoms with Crippen LogP contribution >= 0.6 is 15.9 Å². The van der Waals surface area contributed by atoms with Crippen molar-refractivity contribution in [1.82, 2.24) is 0 Å². The first-order chi connectivity index (χ1) is 7.54. The van der Waals surface area contributed by atoms with E-state index in [9.17, 15) is 4.79 Å². The van der Waals surface area contributed by atoms with Crippen LogP contribution in [0.3, 0.4) is 0 Å². The predicted octanol–water partition coefficient (Wildman–Crippen LogP) is 4.00. The monoisotopic (exact) mass is 282 g/mol. The lowest BCUT2D eigenvalue weighted by molar-refractivity contribution is 0.101. The molecule has 0 saturated heterocycles. The second-order valence-corrected chi connectivity index (χ2v) is 4.50. The molecule has 0 aromatic heterocycles. The van der Waals surface area contributed by atoms with Crippen molar-refractivity contribution in [3.63, 3.8) is 0 Å². The molecule has 0 heterocycles. The number of Topliss-reactive ketones (excluding diaryl/α,β-unsaturated/α-hetero) is 1. The first kappa shape index (κ1) is 13.0. The summed E-state index contributed by atoms with van der Waals surface area (Å²) in [7, 11) is 0. The van der Waals surface area contributed by atoms with Crippen LogP contribution in [0.5, 0.6) is 5.75 Å². The van der Waals surface area contributed by atoms with Crippen LogP contribution < -0.4 is 4.74 Å². The van der Waals surface area contributed by atoms with Gasteiger partial charge in [-0.1, -0.05) is 29.4 Å². The Labute approximate surface area is 104 Å². The molecule has 0 saturated carbocycles. The lowest BCUT2D eigenvalue weighted by atomic mass is 10.1. The average molecular weight is 283 g/mol. The molecule has 3 heteroatoms. The van der Waals surface area contributed by atoms with E-state index in [1.165, 1.54) is 6.92 Å². The van der Waals surface area contributed by atoms with Crippen LogP contribution in [0.15, 0.2) is 34.8 Å². The van der Waals surface area contributed by atoms with Gasteiger partial charge in [0.15, 0.2) is 5.78 Å². The van der Waals surface area contributed by atoms with Crippen LogP contribution in [-0.4, -0.2) is 12.4 Å². The van der Waals surface area contributed by atoms with Crippen LogP contribution in [-0.2, 0) is 0 Å². The lowest BCUT2D eigenvalue weighted by Gasteiger charge is -2.10. The highest BCUT2D eigenvalue weighted by Gasteiger charge is 2.09. The van der Waals surface area contributed by atoms with Gasteiger partial charge in [-0.25, -0.2) is 0 Å². The molecule has 86 valence electrons. The van der Waals surface area contributed by atoms with Crippen molar-refractivity contribution in [3.05, 3.63) is 40.4 Å². The molecule has 0 radical (unpaired) electrons. The van der Waals surface area contributed by atoms with E-state index >= 15 is 0 Å². The first-order valence-corrected chi connectivity index (χ1v) is 5.93. The number of hydrogen-bond donors (Lipinski definition) is 0. The molecule has 1 aromatic rings. The van der Waals surface area contributed by atoms with Crippen molar-refractivity contribution >= 4 is 21.7 Å². The Morgan fingerprint density at radius 1 is 1.50 bits per heavy atom. The number of carbonyl (C=O) groups is 1. The maximum absolute atomic E-state index is 11.4. The van der Waals surface area contributed by atoms with Crippen LogP contribution in [0.4, 0.5) is 0 Å². The van der Waals surface area contributed by atoms with E-state index in [0.717, 1.165) is 16.5 Å². The number of hydrogen-bond acceptors (Lipinski definition) is 2. The minimum Gasteiger partial charge on any atom is -0.489 e. The van der Waals surface area contributed by atoms with Gasteiger partial charge in [-0.15, -0.1) is 0 Å². The van der Waals surface area contributed by atoms with Gasteiger partial charge in [-0.3, -0.25) is 4.79 Å². The molecule has 0 N–H and O–H groups in total. The fraction of sp³-hybridized carbons (Fsp3) is 0.308. The molecule has 1 rings (SSSR count). The summed E-state index contributed by atoms with van der Waals surface area (Å²) in [4.78, 5) is 11.4. The molecule has 1 aromatic carbocycles. The summed E-state index contributed by atoms with van der Waals surface area (Å²) in [5.74, 6) is 0.615. The van der Waals surface area contributed by atoms with Gasteiger partial charge in [0.05, 0.1) is 5.56 Å². The van der Waals surface area contributed by atoms with E-state index in [1.54, 1.807) is 12.1 Å². The summed E-state index contributed by atoms with van der Waals surface area (Å²) in [6, 6.07) is 5.42. The van der Waals surface area contributed by atoms with E-state index in [4.69, 9.17) is 4.74 Å². The highest BCUT2D eigenvalue weighted by atomic mass is 79.9. The van der Waals surface area contributed by atoms with Gasteiger partial charge >= 0.3 is 0 Å². The molecule has 0 amide bonds. The molecule has 0 aliphatic rings. The fourth-order valence-corrected chi connectivity index (χ4v) is 1.55. The summed E-state index contributed by atoms with van der Waals surface area (Å²) < 4.78 is 6.44. The van der Waals surface area contributed by atoms with Gasteiger partial charge in [0.2, 0.25) is 0 Å². The molecule has 0 bridgehead atoms. The van der Waals surface area contributed by atoms with Crippen molar-refractivity contribution < 1.29 is 9.53 Å². The molecule has 16 heavy (non-hydrogen) atoms. The van der Waals surface area contributed by atoms with Crippen LogP contribution in [0.1, 0.15) is 30.6 Å². The smallest absolute Gasteiger partial charge is 0.163 e. The molecule has 0 atom stereocenters. The minimum atomic E-state index is -0.00147. The highest BCUT2D eigenvalue weighted by molar-refractivity contribution is 9.10. The van der Waals surface area contributed by atoms with Crippen molar-refractivity contribution in [1.29, 1.82) is 0 Å². The maximum Gasteiger partial charge on any atom is 0.163 e. The molecule has 2 nitrogen and oxygen atoms in total. The third-order valence-electron chi connectivity index (χ3n) is 2.25. The Hall–Kier alpha value is -1.09. The van der Waals surface area contributed by atoms with E-state index in [1.807, 2.05) is 13.0 Å². The zero-order chi connectivity index (χ0) is 12.1. The molecule has 0 aliphatic heterocycles. The summed E-state index contributed by atoms with van der Waals surface area (Å²) >= 11 is 3.33. The number of ether oxygens (including phenoxy) is 1. The standard InChI is InChI=1S/C13H15BrO2/c1-4-9(2)8-16-13-6-5-11(14)7-12(13)10(3)15/h5-7H,2,4,8H2,1,3H3. The van der Waals surface area contributed by atoms with Crippen molar-refractivity contribution in [3.8, 4) is 5.75 Å². The van der Waals surface area contributed by atoms with Crippen molar-refractivity contribution in [2.45, 2.75) is 20.3 Å². The van der Waals surface area contributed by atoms with E-state index < -0.39 is 0 Å². The van der Waals surface area contributed by atoms with Gasteiger partial charge in [0.25, 0.3) is 0 Å². The average Bonchev–Trinajstić information content (AvgIpc) is 2.26. The second kappa shape index (κ2) is 5.85. The summed E-state index contributed by atoms with van der Waals surface area (Å²) in [5, 5.41) is 0. The fourth-order valence-electron chi connectivity index (χ4n) is 1.19. The molecule has 0 aliphatic carbocycles. The largest absolute Gasteiger partial charge is 0.489 e. The van der Waals surface area contributed by atoms with E-state index in [0.29, 0.717) is 17.9 Å². The van der Waals surface area contributed by atoms with E-state index in [-0.39, 0.29) is 5.78 Å². The number of benzene rings is 1. The van der Waals surface area contributed by atoms with Gasteiger partial charge < -0.3 is 4.74 Å². The third-order valence-corrected chi connectivity index (χ3v) is 2.75. The predicted molar refractivity (Wildman–Crippen MR) is 69.1 cm³/mol. The normalized spacial score (nSPS) is 9.94. The summed E-state index contributed by atoms with van der Waals surface area (Å²) in [5.41, 5.74) is 1.61. The van der Waals surface area contributed by atoms with Crippen LogP contribution in [0.25, 0.3) is 0 Å². The third kappa shape index (κ3) is 3.49. The molecular formula is C13H15BrO2. The Morgan fingerprint density at radius 3 is 2.75 bits per heavy atom. The van der Waals surface area contributed by atoms with Gasteiger partial charge in [0, 0.05) is 4.47 Å². The Morgan fingerprint density at radius 2 is 2.19 bits per heavy atom. The zero-order valence-corrected chi connectivity index (χ0v) is 11.1. The zero-order valence-electron chi connectivity index (χ0n) is 9.55.